The van der Waals surface area contributed by atoms with Gasteiger partial charge in [-0.3, -0.25) is 9.59 Å². The Labute approximate surface area is 117 Å². The van der Waals surface area contributed by atoms with Crippen LogP contribution >= 0.6 is 0 Å². The molecule has 2 N–H and O–H groups in total. The third-order valence-corrected chi connectivity index (χ3v) is 2.49. The maximum Gasteiger partial charge on any atom is 0.188 e. The van der Waals surface area contributed by atoms with Crippen molar-refractivity contribution in [3.8, 4) is 5.75 Å². The second-order valence-electron chi connectivity index (χ2n) is 4.05. The quantitative estimate of drug-likeness (QED) is 0.842. The molecule has 0 fully saturated rings. The van der Waals surface area contributed by atoms with Crippen LogP contribution in [0.25, 0.3) is 0 Å². The highest BCUT2D eigenvalue weighted by atomic mass is 16.3. The molecule has 0 aliphatic rings. The lowest BCUT2D eigenvalue weighted by Crippen LogP contribution is -2.03. The third-order valence-electron chi connectivity index (χ3n) is 2.49. The van der Waals surface area contributed by atoms with Gasteiger partial charge in [0, 0.05) is 11.1 Å². The topological polar surface area (TPSA) is 74.6 Å². The van der Waals surface area contributed by atoms with Crippen LogP contribution in [0.15, 0.2) is 54.6 Å². The van der Waals surface area contributed by atoms with Gasteiger partial charge in [0.05, 0.1) is 0 Å². The van der Waals surface area contributed by atoms with Crippen LogP contribution in [0.2, 0.25) is 0 Å². The van der Waals surface area contributed by atoms with Crippen molar-refractivity contribution in [3.05, 3.63) is 65.7 Å². The molecule has 0 atom stereocenters. The number of ketones is 2. The highest BCUT2D eigenvalue weighted by Crippen LogP contribution is 2.10. The molecule has 2 aromatic carbocycles. The number of aliphatic hydroxyl groups excluding tert-OH is 1. The Hall–Kier alpha value is -2.46. The van der Waals surface area contributed by atoms with E-state index in [-0.39, 0.29) is 17.3 Å². The first-order valence-corrected chi connectivity index (χ1v) is 6.03. The lowest BCUT2D eigenvalue weighted by atomic mass is 10.1. The number of phenols is 1. The molecule has 2 rings (SSSR count). The summed E-state index contributed by atoms with van der Waals surface area (Å²) in [4.78, 5) is 21.4. The van der Waals surface area contributed by atoms with Gasteiger partial charge in [0.2, 0.25) is 0 Å². The van der Waals surface area contributed by atoms with Crippen LogP contribution in [-0.4, -0.2) is 28.4 Å². The molecule has 0 aromatic heterocycles. The standard InChI is InChI=1S/C8H8O3.C8H8O/c9-5-8(11)6-2-1-3-7(10)4-6;1-7(9)8-5-3-2-4-6-8/h1-4,9-10H,5H2;2-6H,1H3. The Morgan fingerprint density at radius 3 is 2.00 bits per heavy atom. The lowest BCUT2D eigenvalue weighted by Gasteiger charge is -1.96. The molecule has 0 radical (unpaired) electrons. The number of benzene rings is 2. The number of aliphatic hydroxyl groups is 1. The highest BCUT2D eigenvalue weighted by molar-refractivity contribution is 5.97. The third kappa shape index (κ3) is 5.04. The Balaban J connectivity index is 0.000000204. The number of Topliss-reactive ketones (excluding diaryl/α,β-unsaturated/α-hetero) is 2. The molecule has 0 aliphatic carbocycles. The fraction of sp³-hybridized carbons (Fsp3) is 0.125. The number of carbonyl (C=O) groups excluding carboxylic acids is 2. The van der Waals surface area contributed by atoms with E-state index in [4.69, 9.17) is 10.2 Å². The second-order valence-corrected chi connectivity index (χ2v) is 4.05. The summed E-state index contributed by atoms with van der Waals surface area (Å²) >= 11 is 0. The minimum atomic E-state index is -0.524. The number of aromatic hydroxyl groups is 1. The zero-order valence-corrected chi connectivity index (χ0v) is 11.1. The average Bonchev–Trinajstić information content (AvgIpc) is 2.48. The highest BCUT2D eigenvalue weighted by Gasteiger charge is 2.02. The van der Waals surface area contributed by atoms with Crippen molar-refractivity contribution in [3.63, 3.8) is 0 Å². The number of carbonyl (C=O) groups is 2. The van der Waals surface area contributed by atoms with E-state index in [0.717, 1.165) is 5.56 Å². The van der Waals surface area contributed by atoms with Gasteiger partial charge < -0.3 is 10.2 Å². The summed E-state index contributed by atoms with van der Waals surface area (Å²) in [5.41, 5.74) is 1.10. The molecule has 0 spiro atoms. The lowest BCUT2D eigenvalue weighted by molar-refractivity contribution is 0.0903. The maximum atomic E-state index is 10.8. The molecule has 0 amide bonds. The Morgan fingerprint density at radius 1 is 0.950 bits per heavy atom. The smallest absolute Gasteiger partial charge is 0.188 e. The van der Waals surface area contributed by atoms with Gasteiger partial charge in [0.25, 0.3) is 0 Å². The predicted molar refractivity (Wildman–Crippen MR) is 76.0 cm³/mol. The van der Waals surface area contributed by atoms with E-state index in [0.29, 0.717) is 5.56 Å². The molecule has 0 unspecified atom stereocenters. The minimum absolute atomic E-state index is 0.0318. The molecule has 0 bridgehead atoms. The first-order chi connectivity index (χ1) is 9.54. The van der Waals surface area contributed by atoms with Crippen LogP contribution in [0.1, 0.15) is 27.6 Å². The molecule has 0 saturated heterocycles. The van der Waals surface area contributed by atoms with E-state index in [1.165, 1.54) is 18.2 Å². The van der Waals surface area contributed by atoms with Gasteiger partial charge in [0.1, 0.15) is 12.4 Å². The molecule has 0 aliphatic heterocycles. The fourth-order valence-electron chi connectivity index (χ4n) is 1.44. The van der Waals surface area contributed by atoms with Crippen LogP contribution in [0, 0.1) is 0 Å². The molecular formula is C16H16O4. The van der Waals surface area contributed by atoms with Gasteiger partial charge >= 0.3 is 0 Å². The van der Waals surface area contributed by atoms with E-state index in [9.17, 15) is 9.59 Å². The summed E-state index contributed by atoms with van der Waals surface area (Å²) in [6.07, 6.45) is 0. The van der Waals surface area contributed by atoms with Crippen LogP contribution in [-0.2, 0) is 0 Å². The second kappa shape index (κ2) is 7.86. The van der Waals surface area contributed by atoms with Gasteiger partial charge in [-0.2, -0.15) is 0 Å². The minimum Gasteiger partial charge on any atom is -0.508 e. The molecular weight excluding hydrogens is 256 g/mol. The number of rotatable bonds is 3. The Morgan fingerprint density at radius 2 is 1.55 bits per heavy atom. The summed E-state index contributed by atoms with van der Waals surface area (Å²) in [7, 11) is 0. The summed E-state index contributed by atoms with van der Waals surface area (Å²) in [6.45, 7) is 1.04. The number of hydrogen-bond acceptors (Lipinski definition) is 4. The summed E-state index contributed by atoms with van der Waals surface area (Å²) in [5.74, 6) is -0.235. The summed E-state index contributed by atoms with van der Waals surface area (Å²) in [6, 6.07) is 15.1. The predicted octanol–water partition coefficient (Wildman–Crippen LogP) is 2.46. The van der Waals surface area contributed by atoms with Crippen molar-refractivity contribution >= 4 is 11.6 Å². The Kier molecular flexibility index (Phi) is 6.13. The van der Waals surface area contributed by atoms with Crippen molar-refractivity contribution < 1.29 is 19.8 Å². The van der Waals surface area contributed by atoms with E-state index in [1.807, 2.05) is 30.3 Å². The average molecular weight is 272 g/mol. The molecule has 2 aromatic rings. The molecule has 20 heavy (non-hydrogen) atoms. The largest absolute Gasteiger partial charge is 0.508 e. The number of phenolic OH excluding ortho intramolecular Hbond substituents is 1. The normalized spacial score (nSPS) is 9.30. The van der Waals surface area contributed by atoms with Crippen LogP contribution in [0.5, 0.6) is 5.75 Å². The van der Waals surface area contributed by atoms with Crippen LogP contribution in [0.3, 0.4) is 0 Å². The molecule has 0 heterocycles. The van der Waals surface area contributed by atoms with Crippen molar-refractivity contribution in [2.45, 2.75) is 6.92 Å². The van der Waals surface area contributed by atoms with Crippen molar-refractivity contribution in [2.75, 3.05) is 6.61 Å². The molecule has 104 valence electrons. The zero-order chi connectivity index (χ0) is 15.0. The van der Waals surface area contributed by atoms with Crippen molar-refractivity contribution in [1.82, 2.24) is 0 Å². The van der Waals surface area contributed by atoms with Gasteiger partial charge in [-0.25, -0.2) is 0 Å². The van der Waals surface area contributed by atoms with E-state index in [2.05, 4.69) is 0 Å². The monoisotopic (exact) mass is 272 g/mol. The molecule has 0 saturated carbocycles. The van der Waals surface area contributed by atoms with E-state index >= 15 is 0 Å². The first-order valence-electron chi connectivity index (χ1n) is 6.03. The summed E-state index contributed by atoms with van der Waals surface area (Å²) < 4.78 is 0. The van der Waals surface area contributed by atoms with Crippen LogP contribution in [0.4, 0.5) is 0 Å². The van der Waals surface area contributed by atoms with Crippen molar-refractivity contribution in [1.29, 1.82) is 0 Å². The van der Waals surface area contributed by atoms with Gasteiger partial charge in [-0.05, 0) is 19.1 Å². The maximum absolute atomic E-state index is 10.8. The van der Waals surface area contributed by atoms with Crippen molar-refractivity contribution in [2.24, 2.45) is 0 Å². The van der Waals surface area contributed by atoms with Gasteiger partial charge in [-0.1, -0.05) is 42.5 Å². The van der Waals surface area contributed by atoms with Crippen LogP contribution < -0.4 is 0 Å². The SMILES string of the molecule is CC(=O)c1ccccc1.O=C(CO)c1cccc(O)c1. The Bertz CT molecular complexity index is 576. The van der Waals surface area contributed by atoms with E-state index < -0.39 is 6.61 Å². The molecule has 4 heteroatoms. The summed E-state index contributed by atoms with van der Waals surface area (Å²) in [5, 5.41) is 17.4. The zero-order valence-electron chi connectivity index (χ0n) is 11.1. The van der Waals surface area contributed by atoms with Gasteiger partial charge in [0.15, 0.2) is 11.6 Å². The molecule has 4 nitrogen and oxygen atoms in total. The van der Waals surface area contributed by atoms with Gasteiger partial charge in [-0.15, -0.1) is 0 Å². The number of hydrogen-bond donors (Lipinski definition) is 2. The fourth-order valence-corrected chi connectivity index (χ4v) is 1.44. The first kappa shape index (κ1) is 15.6. The van der Waals surface area contributed by atoms with E-state index in [1.54, 1.807) is 13.0 Å².